The van der Waals surface area contributed by atoms with Gasteiger partial charge in [0.2, 0.25) is 5.91 Å². The molecule has 1 aromatic heterocycles. The summed E-state index contributed by atoms with van der Waals surface area (Å²) < 4.78 is 6.99. The Bertz CT molecular complexity index is 980. The van der Waals surface area contributed by atoms with Gasteiger partial charge in [0.15, 0.2) is 5.16 Å². The van der Waals surface area contributed by atoms with Crippen LogP contribution < -0.4 is 10.9 Å². The zero-order valence-corrected chi connectivity index (χ0v) is 17.6. The van der Waals surface area contributed by atoms with Crippen LogP contribution >= 0.6 is 11.8 Å². The molecule has 1 aliphatic rings. The maximum Gasteiger partial charge on any atom is 0.262 e. The number of nitrogens with one attached hydrogen (secondary N) is 1. The summed E-state index contributed by atoms with van der Waals surface area (Å²) in [5.74, 6) is 0.0893. The highest BCUT2D eigenvalue weighted by atomic mass is 32.2. The molecule has 0 aliphatic heterocycles. The van der Waals surface area contributed by atoms with Crippen molar-refractivity contribution in [2.45, 2.75) is 50.4 Å². The topological polar surface area (TPSA) is 97.0 Å². The van der Waals surface area contributed by atoms with Gasteiger partial charge in [-0.3, -0.25) is 14.2 Å². The Morgan fingerprint density at radius 2 is 2.21 bits per heavy atom. The molecule has 1 amide bonds. The summed E-state index contributed by atoms with van der Waals surface area (Å²) in [7, 11) is 0. The number of benzene rings is 1. The lowest BCUT2D eigenvalue weighted by atomic mass is 9.98. The molecule has 0 unspecified atom stereocenters. The molecule has 29 heavy (non-hydrogen) atoms. The third kappa shape index (κ3) is 5.17. The number of hydrogen-bond acceptors (Lipinski definition) is 6. The second kappa shape index (κ2) is 9.42. The van der Waals surface area contributed by atoms with Crippen LogP contribution in [0.5, 0.6) is 0 Å². The molecule has 1 heterocycles. The molecule has 3 rings (SSSR count). The molecule has 0 spiro atoms. The number of carbonyl (C=O) groups is 1. The summed E-state index contributed by atoms with van der Waals surface area (Å²) in [5, 5.41) is 13.3. The summed E-state index contributed by atoms with van der Waals surface area (Å²) in [6.07, 6.45) is 2.61. The minimum absolute atomic E-state index is 0.0975. The van der Waals surface area contributed by atoms with Gasteiger partial charge < -0.3 is 10.1 Å². The van der Waals surface area contributed by atoms with Crippen LogP contribution in [0.2, 0.25) is 0 Å². The van der Waals surface area contributed by atoms with E-state index in [0.717, 1.165) is 12.8 Å². The fourth-order valence-electron chi connectivity index (χ4n) is 3.26. The highest BCUT2D eigenvalue weighted by molar-refractivity contribution is 7.99. The van der Waals surface area contributed by atoms with Gasteiger partial charge in [-0.25, -0.2) is 4.98 Å². The molecule has 154 valence electrons. The number of amides is 1. The first-order valence-corrected chi connectivity index (χ1v) is 10.9. The van der Waals surface area contributed by atoms with Crippen LogP contribution in [-0.4, -0.2) is 40.0 Å². The predicted octanol–water partition coefficient (Wildman–Crippen LogP) is 2.72. The minimum atomic E-state index is -0.828. The highest BCUT2D eigenvalue weighted by Gasteiger charge is 2.42. The van der Waals surface area contributed by atoms with Crippen molar-refractivity contribution >= 4 is 28.6 Å². The quantitative estimate of drug-likeness (QED) is 0.365. The van der Waals surface area contributed by atoms with E-state index in [2.05, 4.69) is 16.4 Å². The Labute approximate surface area is 174 Å². The molecule has 1 atom stereocenters. The van der Waals surface area contributed by atoms with E-state index in [1.165, 1.54) is 11.8 Å². The fourth-order valence-corrected chi connectivity index (χ4v) is 4.09. The predicted molar refractivity (Wildman–Crippen MR) is 113 cm³/mol. The average molecular weight is 415 g/mol. The second-order valence-electron chi connectivity index (χ2n) is 7.34. The van der Waals surface area contributed by atoms with Crippen molar-refractivity contribution in [2.75, 3.05) is 19.0 Å². The lowest BCUT2D eigenvalue weighted by Crippen LogP contribution is -2.47. The van der Waals surface area contributed by atoms with Gasteiger partial charge in [0.1, 0.15) is 5.54 Å². The van der Waals surface area contributed by atoms with E-state index in [-0.39, 0.29) is 23.1 Å². The van der Waals surface area contributed by atoms with Crippen LogP contribution in [0.15, 0.2) is 34.2 Å². The van der Waals surface area contributed by atoms with Gasteiger partial charge in [-0.15, -0.1) is 0 Å². The van der Waals surface area contributed by atoms with Crippen molar-refractivity contribution in [3.05, 3.63) is 34.6 Å². The van der Waals surface area contributed by atoms with Crippen molar-refractivity contribution in [2.24, 2.45) is 5.92 Å². The lowest BCUT2D eigenvalue weighted by molar-refractivity contribution is -0.119. The molecule has 1 saturated carbocycles. The molecule has 1 N–H and O–H groups in total. The Hall–Kier alpha value is -2.37. The fraction of sp³-hybridized carbons (Fsp3) is 0.524. The van der Waals surface area contributed by atoms with Gasteiger partial charge in [0, 0.05) is 19.8 Å². The van der Waals surface area contributed by atoms with Gasteiger partial charge in [0.25, 0.3) is 5.56 Å². The summed E-state index contributed by atoms with van der Waals surface area (Å²) in [4.78, 5) is 30.0. The molecule has 0 saturated heterocycles. The summed E-state index contributed by atoms with van der Waals surface area (Å²) >= 11 is 1.22. The van der Waals surface area contributed by atoms with Crippen LogP contribution in [0.25, 0.3) is 10.9 Å². The van der Waals surface area contributed by atoms with Crippen molar-refractivity contribution in [3.8, 4) is 6.07 Å². The largest absolute Gasteiger partial charge is 0.382 e. The van der Waals surface area contributed by atoms with Crippen molar-refractivity contribution in [1.29, 1.82) is 5.26 Å². The Kier molecular flexibility index (Phi) is 6.93. The van der Waals surface area contributed by atoms with Gasteiger partial charge in [-0.2, -0.15) is 5.26 Å². The standard InChI is InChI=1S/C21H26N4O3S/c1-3-28-12-6-11-25-19(27)16-7-4-5-8-17(16)23-20(25)29-13-18(26)24-21(2,14-22)15-9-10-15/h4-5,7-8,15H,3,6,9-13H2,1-2H3,(H,24,26)/t21-/m0/s1. The number of para-hydroxylation sites is 1. The molecule has 1 aliphatic carbocycles. The van der Waals surface area contributed by atoms with Crippen LogP contribution in [0.1, 0.15) is 33.1 Å². The smallest absolute Gasteiger partial charge is 0.262 e. The van der Waals surface area contributed by atoms with E-state index in [0.29, 0.717) is 42.2 Å². The molecule has 7 nitrogen and oxygen atoms in total. The van der Waals surface area contributed by atoms with E-state index in [4.69, 9.17) is 4.74 Å². The zero-order chi connectivity index (χ0) is 20.9. The van der Waals surface area contributed by atoms with Crippen LogP contribution in [0.4, 0.5) is 0 Å². The number of aromatic nitrogens is 2. The lowest BCUT2D eigenvalue weighted by Gasteiger charge is -2.22. The number of rotatable bonds is 10. The van der Waals surface area contributed by atoms with E-state index < -0.39 is 5.54 Å². The minimum Gasteiger partial charge on any atom is -0.382 e. The van der Waals surface area contributed by atoms with Crippen LogP contribution in [0, 0.1) is 17.2 Å². The van der Waals surface area contributed by atoms with Crippen molar-refractivity contribution in [3.63, 3.8) is 0 Å². The van der Waals surface area contributed by atoms with Crippen molar-refractivity contribution < 1.29 is 9.53 Å². The summed E-state index contributed by atoms with van der Waals surface area (Å²) in [5.41, 5.74) is -0.331. The SMILES string of the molecule is CCOCCCn1c(SCC(=O)N[C@@](C)(C#N)C2CC2)nc2ccccc2c1=O. The monoisotopic (exact) mass is 414 g/mol. The highest BCUT2D eigenvalue weighted by Crippen LogP contribution is 2.39. The zero-order valence-electron chi connectivity index (χ0n) is 16.8. The molecule has 1 fully saturated rings. The molecule has 1 aromatic carbocycles. The number of thioether (sulfide) groups is 1. The van der Waals surface area contributed by atoms with Crippen LogP contribution in [0.3, 0.4) is 0 Å². The van der Waals surface area contributed by atoms with Crippen LogP contribution in [-0.2, 0) is 16.1 Å². The number of nitrogens with zero attached hydrogens (tertiary/aromatic N) is 3. The third-order valence-corrected chi connectivity index (χ3v) is 6.04. The summed E-state index contributed by atoms with van der Waals surface area (Å²) in [6, 6.07) is 9.44. The number of carbonyl (C=O) groups excluding carboxylic acids is 1. The number of nitriles is 1. The Morgan fingerprint density at radius 3 is 2.90 bits per heavy atom. The third-order valence-electron chi connectivity index (χ3n) is 5.06. The Morgan fingerprint density at radius 1 is 1.45 bits per heavy atom. The number of ether oxygens (including phenoxy) is 1. The summed E-state index contributed by atoms with van der Waals surface area (Å²) in [6.45, 7) is 5.36. The van der Waals surface area contributed by atoms with E-state index in [9.17, 15) is 14.9 Å². The second-order valence-corrected chi connectivity index (χ2v) is 8.29. The molecule has 0 bridgehead atoms. The normalized spacial score (nSPS) is 15.6. The van der Waals surface area contributed by atoms with E-state index >= 15 is 0 Å². The van der Waals surface area contributed by atoms with Gasteiger partial charge in [-0.1, -0.05) is 23.9 Å². The number of hydrogen-bond donors (Lipinski definition) is 1. The molecular weight excluding hydrogens is 388 g/mol. The molecule has 0 radical (unpaired) electrons. The maximum atomic E-state index is 13.0. The molecule has 2 aromatic rings. The van der Waals surface area contributed by atoms with Gasteiger partial charge in [0.05, 0.1) is 22.7 Å². The molecular formula is C21H26N4O3S. The van der Waals surface area contributed by atoms with E-state index in [1.54, 1.807) is 23.6 Å². The first-order valence-electron chi connectivity index (χ1n) is 9.91. The van der Waals surface area contributed by atoms with Crippen molar-refractivity contribution in [1.82, 2.24) is 14.9 Å². The number of fused-ring (bicyclic) bond motifs is 1. The first kappa shape index (κ1) is 21.3. The first-order chi connectivity index (χ1) is 14.0. The maximum absolute atomic E-state index is 13.0. The Balaban J connectivity index is 1.76. The average Bonchev–Trinajstić information content (AvgIpc) is 3.57. The van der Waals surface area contributed by atoms with E-state index in [1.807, 2.05) is 19.1 Å². The van der Waals surface area contributed by atoms with Gasteiger partial charge >= 0.3 is 0 Å². The molecule has 8 heteroatoms. The van der Waals surface area contributed by atoms with Gasteiger partial charge in [-0.05, 0) is 51.2 Å².